The quantitative estimate of drug-likeness (QED) is 0.825. The summed E-state index contributed by atoms with van der Waals surface area (Å²) in [5.74, 6) is 0. The minimum absolute atomic E-state index is 0.570. The van der Waals surface area contributed by atoms with Crippen molar-refractivity contribution in [1.29, 1.82) is 0 Å². The molecule has 0 N–H and O–H groups in total. The predicted octanol–water partition coefficient (Wildman–Crippen LogP) is 0.921. The Morgan fingerprint density at radius 2 is 1.94 bits per heavy atom. The van der Waals surface area contributed by atoms with Crippen molar-refractivity contribution in [1.82, 2.24) is 14.2 Å². The first-order chi connectivity index (χ1) is 8.45. The van der Waals surface area contributed by atoms with Gasteiger partial charge in [0.1, 0.15) is 0 Å². The van der Waals surface area contributed by atoms with E-state index in [1.807, 2.05) is 12.3 Å². The van der Waals surface area contributed by atoms with Crippen LogP contribution in [0.3, 0.4) is 0 Å². The van der Waals surface area contributed by atoms with Crippen LogP contribution in [0.25, 0.3) is 0 Å². The normalized spacial score (nSPS) is 19.0. The zero-order chi connectivity index (χ0) is 13.2. The third kappa shape index (κ3) is 3.74. The maximum atomic E-state index is 11.4. The maximum absolute atomic E-state index is 11.4. The largest absolute Gasteiger partial charge is 0.296 e. The predicted molar refractivity (Wildman–Crippen MR) is 73.6 cm³/mol. The van der Waals surface area contributed by atoms with E-state index in [-0.39, 0.29) is 0 Å². The maximum Gasteiger partial charge on any atom is 0.211 e. The van der Waals surface area contributed by atoms with Gasteiger partial charge in [-0.15, -0.1) is 0 Å². The van der Waals surface area contributed by atoms with Crippen molar-refractivity contribution in [2.75, 3.05) is 32.4 Å². The van der Waals surface area contributed by atoms with Gasteiger partial charge >= 0.3 is 0 Å². The summed E-state index contributed by atoms with van der Waals surface area (Å²) in [6, 6.07) is 2.04. The summed E-state index contributed by atoms with van der Waals surface area (Å²) in [5.41, 5.74) is 1.14. The summed E-state index contributed by atoms with van der Waals surface area (Å²) < 4.78 is 25.3. The van der Waals surface area contributed by atoms with Gasteiger partial charge in [-0.1, -0.05) is 0 Å². The number of aromatic nitrogens is 1. The average molecular weight is 334 g/mol. The minimum Gasteiger partial charge on any atom is -0.296 e. The molecule has 18 heavy (non-hydrogen) atoms. The van der Waals surface area contributed by atoms with Gasteiger partial charge in [0.15, 0.2) is 0 Å². The Bertz CT molecular complexity index is 513. The second kappa shape index (κ2) is 5.64. The lowest BCUT2D eigenvalue weighted by Crippen LogP contribution is -2.47. The third-order valence-corrected chi connectivity index (χ3v) is 4.70. The van der Waals surface area contributed by atoms with E-state index in [9.17, 15) is 8.42 Å². The topological polar surface area (TPSA) is 53.5 Å². The fourth-order valence-corrected chi connectivity index (χ4v) is 3.26. The average Bonchev–Trinajstić information content (AvgIpc) is 2.28. The summed E-state index contributed by atoms with van der Waals surface area (Å²) >= 11 is 3.39. The number of halogens is 1. The lowest BCUT2D eigenvalue weighted by atomic mass is 10.2. The van der Waals surface area contributed by atoms with E-state index in [1.54, 1.807) is 6.20 Å². The van der Waals surface area contributed by atoms with Crippen molar-refractivity contribution in [3.63, 3.8) is 0 Å². The first-order valence-corrected chi connectivity index (χ1v) is 8.36. The molecule has 0 amide bonds. The van der Waals surface area contributed by atoms with Crippen LogP contribution in [-0.2, 0) is 16.6 Å². The molecule has 0 aliphatic carbocycles. The highest BCUT2D eigenvalue weighted by Crippen LogP contribution is 2.13. The summed E-state index contributed by atoms with van der Waals surface area (Å²) in [4.78, 5) is 6.37. The molecule has 1 aliphatic rings. The molecule has 0 spiro atoms. The second-order valence-corrected chi connectivity index (χ2v) is 7.35. The molecule has 100 valence electrons. The lowest BCUT2D eigenvalue weighted by molar-refractivity contribution is 0.182. The number of pyridine rings is 1. The number of piperazine rings is 1. The first kappa shape index (κ1) is 13.9. The number of nitrogens with zero attached hydrogens (tertiary/aromatic N) is 3. The SMILES string of the molecule is CS(=O)(=O)N1CCN(Cc2cncc(Br)c2)CC1. The van der Waals surface area contributed by atoms with Crippen molar-refractivity contribution >= 4 is 26.0 Å². The van der Waals surface area contributed by atoms with Crippen LogP contribution in [0.4, 0.5) is 0 Å². The number of hydrogen-bond donors (Lipinski definition) is 0. The molecule has 0 atom stereocenters. The van der Waals surface area contributed by atoms with Crippen LogP contribution in [-0.4, -0.2) is 55.0 Å². The van der Waals surface area contributed by atoms with Crippen molar-refractivity contribution in [3.8, 4) is 0 Å². The molecule has 0 bridgehead atoms. The highest BCUT2D eigenvalue weighted by atomic mass is 79.9. The zero-order valence-corrected chi connectivity index (χ0v) is 12.6. The molecule has 1 aliphatic heterocycles. The molecular weight excluding hydrogens is 318 g/mol. The monoisotopic (exact) mass is 333 g/mol. The molecule has 2 heterocycles. The molecule has 1 aromatic rings. The number of hydrogen-bond acceptors (Lipinski definition) is 4. The zero-order valence-electron chi connectivity index (χ0n) is 10.2. The van der Waals surface area contributed by atoms with Crippen molar-refractivity contribution in [3.05, 3.63) is 28.5 Å². The molecule has 0 unspecified atom stereocenters. The Hall–Kier alpha value is -0.500. The Labute approximate surface area is 116 Å². The molecule has 7 heteroatoms. The molecule has 1 aromatic heterocycles. The van der Waals surface area contributed by atoms with Gasteiger partial charge in [-0.2, -0.15) is 4.31 Å². The summed E-state index contributed by atoms with van der Waals surface area (Å²) in [6.07, 6.45) is 4.86. The van der Waals surface area contributed by atoms with Gasteiger partial charge < -0.3 is 0 Å². The highest BCUT2D eigenvalue weighted by Gasteiger charge is 2.23. The number of sulfonamides is 1. The van der Waals surface area contributed by atoms with Gasteiger partial charge in [-0.25, -0.2) is 8.42 Å². The standard InChI is InChI=1S/C11H16BrN3O2S/c1-18(16,17)15-4-2-14(3-5-15)9-10-6-11(12)8-13-7-10/h6-8H,2-5,9H2,1H3. The molecule has 1 saturated heterocycles. The van der Waals surface area contributed by atoms with E-state index in [0.29, 0.717) is 13.1 Å². The molecule has 5 nitrogen and oxygen atoms in total. The van der Waals surface area contributed by atoms with Crippen molar-refractivity contribution < 1.29 is 8.42 Å². The Morgan fingerprint density at radius 3 is 2.50 bits per heavy atom. The third-order valence-electron chi connectivity index (χ3n) is 2.97. The lowest BCUT2D eigenvalue weighted by Gasteiger charge is -2.33. The summed E-state index contributed by atoms with van der Waals surface area (Å²) in [5, 5.41) is 0. The fraction of sp³-hybridized carbons (Fsp3) is 0.545. The van der Waals surface area contributed by atoms with Gasteiger partial charge in [0.2, 0.25) is 10.0 Å². The molecule has 0 aromatic carbocycles. The van der Waals surface area contributed by atoms with Crippen LogP contribution in [0.15, 0.2) is 22.9 Å². The fourth-order valence-electron chi connectivity index (χ4n) is 2.02. The van der Waals surface area contributed by atoms with Gasteiger partial charge in [-0.3, -0.25) is 9.88 Å². The van der Waals surface area contributed by atoms with Gasteiger partial charge in [0.25, 0.3) is 0 Å². The molecule has 0 radical (unpaired) electrons. The molecule has 1 fully saturated rings. The van der Waals surface area contributed by atoms with Crippen LogP contribution < -0.4 is 0 Å². The minimum atomic E-state index is -3.04. The van der Waals surface area contributed by atoms with Crippen molar-refractivity contribution in [2.24, 2.45) is 0 Å². The second-order valence-electron chi connectivity index (χ2n) is 4.45. The van der Waals surface area contributed by atoms with Gasteiger partial charge in [0, 0.05) is 49.6 Å². The van der Waals surface area contributed by atoms with Crippen LogP contribution in [0.5, 0.6) is 0 Å². The molecule has 0 saturated carbocycles. The van der Waals surface area contributed by atoms with E-state index in [4.69, 9.17) is 0 Å². The Morgan fingerprint density at radius 1 is 1.28 bits per heavy atom. The first-order valence-electron chi connectivity index (χ1n) is 5.72. The molecule has 2 rings (SSSR count). The summed E-state index contributed by atoms with van der Waals surface area (Å²) in [7, 11) is -3.04. The molecular formula is C11H16BrN3O2S. The van der Waals surface area contributed by atoms with Crippen LogP contribution in [0.2, 0.25) is 0 Å². The summed E-state index contributed by atoms with van der Waals surface area (Å²) in [6.45, 7) is 3.48. The van der Waals surface area contributed by atoms with Crippen LogP contribution >= 0.6 is 15.9 Å². The number of rotatable bonds is 3. The Kier molecular flexibility index (Phi) is 4.37. The van der Waals surface area contributed by atoms with Gasteiger partial charge in [0.05, 0.1) is 6.26 Å². The Balaban J connectivity index is 1.91. The van der Waals surface area contributed by atoms with Crippen LogP contribution in [0.1, 0.15) is 5.56 Å². The van der Waals surface area contributed by atoms with E-state index in [2.05, 4.69) is 25.8 Å². The van der Waals surface area contributed by atoms with Gasteiger partial charge in [-0.05, 0) is 27.6 Å². The van der Waals surface area contributed by atoms with Crippen molar-refractivity contribution in [2.45, 2.75) is 6.54 Å². The van der Waals surface area contributed by atoms with E-state index in [0.717, 1.165) is 29.7 Å². The smallest absolute Gasteiger partial charge is 0.211 e. The van der Waals surface area contributed by atoms with E-state index in [1.165, 1.54) is 10.6 Å². The van der Waals surface area contributed by atoms with Crippen LogP contribution in [0, 0.1) is 0 Å². The highest BCUT2D eigenvalue weighted by molar-refractivity contribution is 9.10. The van der Waals surface area contributed by atoms with E-state index < -0.39 is 10.0 Å². The van der Waals surface area contributed by atoms with E-state index >= 15 is 0 Å².